The van der Waals surface area contributed by atoms with Crippen molar-refractivity contribution < 1.29 is 9.47 Å². The second kappa shape index (κ2) is 5.78. The molecule has 0 atom stereocenters. The quantitative estimate of drug-likeness (QED) is 0.869. The van der Waals surface area contributed by atoms with Gasteiger partial charge in [-0.2, -0.15) is 11.3 Å². The van der Waals surface area contributed by atoms with Crippen molar-refractivity contribution >= 4 is 22.7 Å². The number of hydrogen-bond donors (Lipinski definition) is 0. The van der Waals surface area contributed by atoms with Gasteiger partial charge in [0.2, 0.25) is 0 Å². The summed E-state index contributed by atoms with van der Waals surface area (Å²) in [4.78, 5) is 7.20. The lowest BCUT2D eigenvalue weighted by atomic mass is 10.0. The fraction of sp³-hybridized carbons (Fsp3) is 0.533. The Kier molecular flexibility index (Phi) is 3.81. The normalized spacial score (nSPS) is 22.1. The average Bonchev–Trinajstić information content (AvgIpc) is 3.23. The maximum Gasteiger partial charge on any atom is 0.170 e. The summed E-state index contributed by atoms with van der Waals surface area (Å²) >= 11 is 3.45. The van der Waals surface area contributed by atoms with Crippen LogP contribution in [0.2, 0.25) is 0 Å². The molecule has 112 valence electrons. The number of thiazole rings is 1. The van der Waals surface area contributed by atoms with Crippen LogP contribution in [0.15, 0.2) is 22.2 Å². The SMILES string of the molecule is c1cc(-c2nc(CN3CCC4(CC3)OCCO4)cs2)cs1. The number of thiophene rings is 1. The summed E-state index contributed by atoms with van der Waals surface area (Å²) in [5.41, 5.74) is 2.41. The Morgan fingerprint density at radius 1 is 1.19 bits per heavy atom. The van der Waals surface area contributed by atoms with Gasteiger partial charge in [0.25, 0.3) is 0 Å². The predicted octanol–water partition coefficient (Wildman–Crippen LogP) is 3.21. The molecule has 0 unspecified atom stereocenters. The van der Waals surface area contributed by atoms with E-state index in [1.807, 2.05) is 0 Å². The lowest BCUT2D eigenvalue weighted by Crippen LogP contribution is -2.44. The van der Waals surface area contributed by atoms with Gasteiger partial charge in [0.15, 0.2) is 5.79 Å². The van der Waals surface area contributed by atoms with Crippen LogP contribution in [0.1, 0.15) is 18.5 Å². The van der Waals surface area contributed by atoms with Crippen molar-refractivity contribution in [3.05, 3.63) is 27.9 Å². The molecule has 6 heteroatoms. The number of nitrogens with zero attached hydrogens (tertiary/aromatic N) is 2. The third-order valence-corrected chi connectivity index (χ3v) is 5.76. The lowest BCUT2D eigenvalue weighted by molar-refractivity contribution is -0.185. The molecule has 4 heterocycles. The summed E-state index contributed by atoms with van der Waals surface area (Å²) in [5, 5.41) is 7.56. The Morgan fingerprint density at radius 2 is 2.00 bits per heavy atom. The molecular weight excluding hydrogens is 304 g/mol. The summed E-state index contributed by atoms with van der Waals surface area (Å²) in [6.45, 7) is 4.46. The van der Waals surface area contributed by atoms with Crippen molar-refractivity contribution in [2.24, 2.45) is 0 Å². The van der Waals surface area contributed by atoms with Crippen molar-refractivity contribution in [3.63, 3.8) is 0 Å². The van der Waals surface area contributed by atoms with Crippen LogP contribution in [0.5, 0.6) is 0 Å². The van der Waals surface area contributed by atoms with Gasteiger partial charge in [-0.25, -0.2) is 4.98 Å². The summed E-state index contributed by atoms with van der Waals surface area (Å²) in [6, 6.07) is 2.13. The van der Waals surface area contributed by atoms with Gasteiger partial charge in [-0.3, -0.25) is 4.90 Å². The van der Waals surface area contributed by atoms with Gasteiger partial charge in [-0.1, -0.05) is 0 Å². The number of hydrogen-bond acceptors (Lipinski definition) is 6. The zero-order chi connectivity index (χ0) is 14.1. The average molecular weight is 322 g/mol. The number of piperidine rings is 1. The molecule has 0 N–H and O–H groups in total. The molecule has 21 heavy (non-hydrogen) atoms. The highest BCUT2D eigenvalue weighted by molar-refractivity contribution is 7.14. The summed E-state index contributed by atoms with van der Waals surface area (Å²) in [7, 11) is 0. The van der Waals surface area contributed by atoms with Crippen molar-refractivity contribution in [1.29, 1.82) is 0 Å². The van der Waals surface area contributed by atoms with Gasteiger partial charge >= 0.3 is 0 Å². The van der Waals surface area contributed by atoms with Crippen LogP contribution in [0, 0.1) is 0 Å². The van der Waals surface area contributed by atoms with Crippen molar-refractivity contribution in [2.75, 3.05) is 26.3 Å². The van der Waals surface area contributed by atoms with Crippen LogP contribution in [-0.2, 0) is 16.0 Å². The van der Waals surface area contributed by atoms with Crippen LogP contribution < -0.4 is 0 Å². The van der Waals surface area contributed by atoms with Gasteiger partial charge in [0, 0.05) is 48.8 Å². The lowest BCUT2D eigenvalue weighted by Gasteiger charge is -2.37. The van der Waals surface area contributed by atoms with Gasteiger partial charge in [0.1, 0.15) is 5.01 Å². The summed E-state index contributed by atoms with van der Waals surface area (Å²) < 4.78 is 11.5. The molecule has 2 aliphatic rings. The standard InChI is InChI=1S/C15H18N2O2S2/c1-8-20-10-12(1)14-16-13(11-21-14)9-17-4-2-15(3-5-17)18-6-7-19-15/h1,8,10-11H,2-7,9H2. The molecule has 2 aromatic heterocycles. The van der Waals surface area contributed by atoms with Crippen LogP contribution in [0.4, 0.5) is 0 Å². The second-order valence-corrected chi connectivity index (χ2v) is 7.18. The van der Waals surface area contributed by atoms with E-state index in [0.29, 0.717) is 0 Å². The van der Waals surface area contributed by atoms with E-state index in [1.165, 1.54) is 11.3 Å². The van der Waals surface area contributed by atoms with E-state index in [2.05, 4.69) is 27.1 Å². The Hall–Kier alpha value is -0.790. The van der Waals surface area contributed by atoms with E-state index in [9.17, 15) is 0 Å². The fourth-order valence-corrected chi connectivity index (χ4v) is 4.49. The molecule has 2 saturated heterocycles. The third kappa shape index (κ3) is 2.91. The van der Waals surface area contributed by atoms with E-state index in [0.717, 1.165) is 50.7 Å². The Labute approximate surface area is 132 Å². The van der Waals surface area contributed by atoms with Gasteiger partial charge in [-0.15, -0.1) is 11.3 Å². The Balaban J connectivity index is 1.37. The molecule has 4 nitrogen and oxygen atoms in total. The first kappa shape index (κ1) is 13.8. The Bertz CT molecular complexity index is 581. The van der Waals surface area contributed by atoms with Crippen molar-refractivity contribution in [3.8, 4) is 10.6 Å². The second-order valence-electron chi connectivity index (χ2n) is 5.54. The molecule has 2 aromatic rings. The molecule has 4 rings (SSSR count). The van der Waals surface area contributed by atoms with Crippen LogP contribution in [-0.4, -0.2) is 42.0 Å². The van der Waals surface area contributed by atoms with E-state index in [1.54, 1.807) is 22.7 Å². The monoisotopic (exact) mass is 322 g/mol. The Morgan fingerprint density at radius 3 is 2.71 bits per heavy atom. The van der Waals surface area contributed by atoms with Gasteiger partial charge in [-0.05, 0) is 11.4 Å². The minimum Gasteiger partial charge on any atom is -0.347 e. The van der Waals surface area contributed by atoms with E-state index in [4.69, 9.17) is 14.5 Å². The largest absolute Gasteiger partial charge is 0.347 e. The van der Waals surface area contributed by atoms with Crippen LogP contribution in [0.25, 0.3) is 10.6 Å². The molecule has 0 radical (unpaired) electrons. The topological polar surface area (TPSA) is 34.6 Å². The number of ether oxygens (including phenoxy) is 2. The van der Waals surface area contributed by atoms with Crippen LogP contribution >= 0.6 is 22.7 Å². The molecule has 2 aliphatic heterocycles. The van der Waals surface area contributed by atoms with E-state index in [-0.39, 0.29) is 5.79 Å². The van der Waals surface area contributed by atoms with E-state index >= 15 is 0 Å². The molecule has 0 aromatic carbocycles. The zero-order valence-corrected chi connectivity index (χ0v) is 13.4. The predicted molar refractivity (Wildman–Crippen MR) is 84.6 cm³/mol. The van der Waals surface area contributed by atoms with Crippen molar-refractivity contribution in [2.45, 2.75) is 25.2 Å². The molecule has 2 fully saturated rings. The molecule has 0 saturated carbocycles. The summed E-state index contributed by atoms with van der Waals surface area (Å²) in [6.07, 6.45) is 1.93. The number of rotatable bonds is 3. The number of likely N-dealkylation sites (tertiary alicyclic amines) is 1. The maximum absolute atomic E-state index is 5.77. The minimum atomic E-state index is -0.277. The van der Waals surface area contributed by atoms with Gasteiger partial charge in [0.05, 0.1) is 18.9 Å². The first-order valence-electron chi connectivity index (χ1n) is 7.30. The highest BCUT2D eigenvalue weighted by Gasteiger charge is 2.39. The van der Waals surface area contributed by atoms with Crippen LogP contribution in [0.3, 0.4) is 0 Å². The number of aromatic nitrogens is 1. The zero-order valence-electron chi connectivity index (χ0n) is 11.8. The maximum atomic E-state index is 5.77. The molecule has 0 bridgehead atoms. The third-order valence-electron chi connectivity index (χ3n) is 4.14. The highest BCUT2D eigenvalue weighted by Crippen LogP contribution is 2.32. The smallest absolute Gasteiger partial charge is 0.170 e. The summed E-state index contributed by atoms with van der Waals surface area (Å²) in [5.74, 6) is -0.277. The first-order chi connectivity index (χ1) is 10.3. The first-order valence-corrected chi connectivity index (χ1v) is 9.13. The van der Waals surface area contributed by atoms with Gasteiger partial charge < -0.3 is 9.47 Å². The fourth-order valence-electron chi connectivity index (χ4n) is 2.96. The molecular formula is C15H18N2O2S2. The molecule has 0 aliphatic carbocycles. The highest BCUT2D eigenvalue weighted by atomic mass is 32.1. The van der Waals surface area contributed by atoms with E-state index < -0.39 is 0 Å². The minimum absolute atomic E-state index is 0.277. The molecule has 1 spiro atoms. The molecule has 0 amide bonds. The van der Waals surface area contributed by atoms with Crippen molar-refractivity contribution in [1.82, 2.24) is 9.88 Å².